The predicted octanol–water partition coefficient (Wildman–Crippen LogP) is 4.11. The Morgan fingerprint density at radius 3 is 2.90 bits per heavy atom. The van der Waals surface area contributed by atoms with E-state index in [-0.39, 0.29) is 5.41 Å². The third kappa shape index (κ3) is 2.29. The van der Waals surface area contributed by atoms with Gasteiger partial charge in [-0.1, -0.05) is 32.0 Å². The average Bonchev–Trinajstić information content (AvgIpc) is 3.04. The minimum Gasteiger partial charge on any atom is -0.316 e. The zero-order valence-corrected chi connectivity index (χ0v) is 12.9. The molecule has 1 fully saturated rings. The van der Waals surface area contributed by atoms with Crippen LogP contribution in [0.5, 0.6) is 0 Å². The van der Waals surface area contributed by atoms with Gasteiger partial charge in [-0.15, -0.1) is 11.3 Å². The molecule has 0 aliphatic carbocycles. The zero-order chi connectivity index (χ0) is 14.2. The van der Waals surface area contributed by atoms with Gasteiger partial charge in [0.1, 0.15) is 0 Å². The van der Waals surface area contributed by atoms with Crippen molar-refractivity contribution in [3.05, 3.63) is 35.2 Å². The average molecular weight is 287 g/mol. The monoisotopic (exact) mass is 287 g/mol. The lowest BCUT2D eigenvalue weighted by molar-refractivity contribution is 0.0784. The van der Waals surface area contributed by atoms with Crippen molar-refractivity contribution in [2.45, 2.75) is 26.7 Å². The summed E-state index contributed by atoms with van der Waals surface area (Å²) in [4.78, 5) is 13.1. The van der Waals surface area contributed by atoms with Crippen LogP contribution in [0.15, 0.2) is 29.6 Å². The summed E-state index contributed by atoms with van der Waals surface area (Å²) in [5, 5.41) is 6.56. The molecule has 2 aromatic rings. The Bertz CT molecular complexity index is 623. The molecular weight excluding hydrogens is 266 g/mol. The van der Waals surface area contributed by atoms with E-state index in [1.807, 2.05) is 17.5 Å². The molecule has 1 aliphatic rings. The van der Waals surface area contributed by atoms with Gasteiger partial charge in [-0.05, 0) is 31.4 Å². The number of thiophene rings is 1. The quantitative estimate of drug-likeness (QED) is 0.857. The van der Waals surface area contributed by atoms with Crippen molar-refractivity contribution in [2.24, 2.45) is 11.3 Å². The third-order valence-corrected chi connectivity index (χ3v) is 5.21. The van der Waals surface area contributed by atoms with Gasteiger partial charge in [0.15, 0.2) is 5.78 Å². The summed E-state index contributed by atoms with van der Waals surface area (Å²) < 4.78 is 1.21. The second kappa shape index (κ2) is 5.30. The molecule has 1 atom stereocenters. The maximum Gasteiger partial charge on any atom is 0.171 e. The topological polar surface area (TPSA) is 29.1 Å². The largest absolute Gasteiger partial charge is 0.316 e. The van der Waals surface area contributed by atoms with Crippen LogP contribution in [0.2, 0.25) is 0 Å². The first-order valence-corrected chi connectivity index (χ1v) is 8.22. The molecule has 0 bridgehead atoms. The lowest BCUT2D eigenvalue weighted by atomic mass is 9.73. The fourth-order valence-corrected chi connectivity index (χ4v) is 4.37. The van der Waals surface area contributed by atoms with E-state index < -0.39 is 0 Å². The molecule has 0 radical (unpaired) electrons. The molecule has 2 nitrogen and oxygen atoms in total. The molecular formula is C17H21NOS. The highest BCUT2D eigenvalue weighted by molar-refractivity contribution is 7.17. The summed E-state index contributed by atoms with van der Waals surface area (Å²) in [5.74, 6) is 0.886. The predicted molar refractivity (Wildman–Crippen MR) is 85.5 cm³/mol. The van der Waals surface area contributed by atoms with Gasteiger partial charge >= 0.3 is 0 Å². The summed E-state index contributed by atoms with van der Waals surface area (Å²) in [5.41, 5.74) is 0.729. The van der Waals surface area contributed by atoms with Crippen molar-refractivity contribution < 1.29 is 4.79 Å². The molecule has 3 rings (SSSR count). The summed E-state index contributed by atoms with van der Waals surface area (Å²) >= 11 is 1.68. The van der Waals surface area contributed by atoms with Gasteiger partial charge in [0.2, 0.25) is 0 Å². The van der Waals surface area contributed by atoms with Gasteiger partial charge in [-0.3, -0.25) is 4.79 Å². The minimum atomic E-state index is -0.196. The van der Waals surface area contributed by atoms with Crippen molar-refractivity contribution in [1.82, 2.24) is 5.32 Å². The van der Waals surface area contributed by atoms with Crippen LogP contribution in [0.1, 0.15) is 37.0 Å². The third-order valence-electron chi connectivity index (χ3n) is 4.25. The second-order valence-corrected chi connectivity index (χ2v) is 7.19. The number of rotatable bonds is 4. The number of Topliss-reactive ketones (excluding diaryl/α,β-unsaturated/α-hetero) is 1. The molecule has 1 saturated heterocycles. The van der Waals surface area contributed by atoms with Crippen molar-refractivity contribution in [1.29, 1.82) is 0 Å². The Kier molecular flexibility index (Phi) is 3.65. The van der Waals surface area contributed by atoms with E-state index in [1.54, 1.807) is 11.3 Å². The van der Waals surface area contributed by atoms with E-state index in [2.05, 4.69) is 31.3 Å². The van der Waals surface area contributed by atoms with Crippen LogP contribution in [0, 0.1) is 11.3 Å². The van der Waals surface area contributed by atoms with Gasteiger partial charge in [0.05, 0.1) is 0 Å². The lowest BCUT2D eigenvalue weighted by Crippen LogP contribution is -2.35. The summed E-state index contributed by atoms with van der Waals surface area (Å²) in [6, 6.07) is 8.23. The second-order valence-electron chi connectivity index (χ2n) is 6.28. The molecule has 1 aliphatic heterocycles. The van der Waals surface area contributed by atoms with Crippen LogP contribution in [0.25, 0.3) is 10.1 Å². The highest BCUT2D eigenvalue weighted by Gasteiger charge is 2.42. The van der Waals surface area contributed by atoms with Gasteiger partial charge in [0, 0.05) is 33.0 Å². The highest BCUT2D eigenvalue weighted by Crippen LogP contribution is 2.39. The molecule has 0 saturated carbocycles. The number of fused-ring (bicyclic) bond motifs is 1. The number of nitrogens with one attached hydrogen (secondary N) is 1. The van der Waals surface area contributed by atoms with Gasteiger partial charge in [-0.2, -0.15) is 0 Å². The number of ketones is 1. The molecule has 1 aromatic carbocycles. The van der Waals surface area contributed by atoms with Crippen LogP contribution < -0.4 is 5.32 Å². The maximum atomic E-state index is 13.1. The number of benzene rings is 1. The maximum absolute atomic E-state index is 13.1. The summed E-state index contributed by atoms with van der Waals surface area (Å²) in [6.45, 7) is 6.20. The van der Waals surface area contributed by atoms with Crippen LogP contribution in [-0.4, -0.2) is 18.9 Å². The van der Waals surface area contributed by atoms with E-state index in [1.165, 1.54) is 4.70 Å². The Morgan fingerprint density at radius 1 is 1.40 bits per heavy atom. The molecule has 0 spiro atoms. The molecule has 0 amide bonds. The molecule has 1 N–H and O–H groups in total. The van der Waals surface area contributed by atoms with Gasteiger partial charge in [0.25, 0.3) is 0 Å². The SMILES string of the molecule is CC(C)CC1(C(=O)c2csc3ccccc23)CCNC1. The van der Waals surface area contributed by atoms with Crippen molar-refractivity contribution in [2.75, 3.05) is 13.1 Å². The van der Waals surface area contributed by atoms with Crippen molar-refractivity contribution in [3.63, 3.8) is 0 Å². The molecule has 1 aromatic heterocycles. The van der Waals surface area contributed by atoms with Crippen molar-refractivity contribution in [3.8, 4) is 0 Å². The molecule has 2 heterocycles. The fraction of sp³-hybridized carbons (Fsp3) is 0.471. The Hall–Kier alpha value is -1.19. The Balaban J connectivity index is 2.01. The first-order valence-electron chi connectivity index (χ1n) is 7.34. The molecule has 20 heavy (non-hydrogen) atoms. The summed E-state index contributed by atoms with van der Waals surface area (Å²) in [6.07, 6.45) is 1.94. The van der Waals surface area contributed by atoms with Crippen LogP contribution in [-0.2, 0) is 0 Å². The van der Waals surface area contributed by atoms with Crippen molar-refractivity contribution >= 4 is 27.2 Å². The zero-order valence-electron chi connectivity index (χ0n) is 12.1. The Morgan fingerprint density at radius 2 is 2.20 bits per heavy atom. The van der Waals surface area contributed by atoms with Crippen LogP contribution in [0.4, 0.5) is 0 Å². The standard InChI is InChI=1S/C17H21NOS/c1-12(2)9-17(7-8-18-11-17)16(19)14-10-20-15-6-4-3-5-13(14)15/h3-6,10,12,18H,7-9,11H2,1-2H3. The van der Waals surface area contributed by atoms with Gasteiger partial charge < -0.3 is 5.32 Å². The first kappa shape index (κ1) is 13.8. The fourth-order valence-electron chi connectivity index (χ4n) is 3.43. The normalized spacial score (nSPS) is 22.8. The van der Waals surface area contributed by atoms with Gasteiger partial charge in [-0.25, -0.2) is 0 Å². The smallest absolute Gasteiger partial charge is 0.171 e. The molecule has 3 heteroatoms. The summed E-state index contributed by atoms with van der Waals surface area (Å²) in [7, 11) is 0. The van der Waals surface area contributed by atoms with E-state index in [9.17, 15) is 4.79 Å². The van der Waals surface area contributed by atoms with Crippen LogP contribution >= 0.6 is 11.3 Å². The minimum absolute atomic E-state index is 0.196. The Labute approximate surface area is 124 Å². The van der Waals surface area contributed by atoms with E-state index >= 15 is 0 Å². The number of hydrogen-bond acceptors (Lipinski definition) is 3. The number of carbonyl (C=O) groups is 1. The first-order chi connectivity index (χ1) is 9.62. The lowest BCUT2D eigenvalue weighted by Gasteiger charge is -2.28. The number of carbonyl (C=O) groups excluding carboxylic acids is 1. The van der Waals surface area contributed by atoms with E-state index in [0.717, 1.165) is 36.9 Å². The number of hydrogen-bond donors (Lipinski definition) is 1. The highest BCUT2D eigenvalue weighted by atomic mass is 32.1. The molecule has 106 valence electrons. The molecule has 1 unspecified atom stereocenters. The van der Waals surface area contributed by atoms with E-state index in [4.69, 9.17) is 0 Å². The van der Waals surface area contributed by atoms with Crippen LogP contribution in [0.3, 0.4) is 0 Å². The van der Waals surface area contributed by atoms with E-state index in [0.29, 0.717) is 11.7 Å².